The summed E-state index contributed by atoms with van der Waals surface area (Å²) < 4.78 is 4.78. The monoisotopic (exact) mass is 157 g/mol. The Hall–Kier alpha value is -0.940. The quantitative estimate of drug-likeness (QED) is 0.625. The molecule has 0 spiro atoms. The van der Waals surface area contributed by atoms with Crippen molar-refractivity contribution in [1.82, 2.24) is 10.1 Å². The van der Waals surface area contributed by atoms with Crippen molar-refractivity contribution in [3.05, 3.63) is 11.7 Å². The van der Waals surface area contributed by atoms with Crippen LogP contribution in [0.2, 0.25) is 0 Å². The Morgan fingerprint density at radius 1 is 1.73 bits per heavy atom. The summed E-state index contributed by atoms with van der Waals surface area (Å²) in [5.74, 6) is 0.910. The van der Waals surface area contributed by atoms with E-state index in [1.807, 2.05) is 6.92 Å². The number of nitrogens with two attached hydrogens (primary N) is 1. The van der Waals surface area contributed by atoms with E-state index in [1.54, 1.807) is 0 Å². The van der Waals surface area contributed by atoms with E-state index in [4.69, 9.17) is 15.4 Å². The number of hydrogen-bond donors (Lipinski definition) is 2. The first-order valence-electron chi connectivity index (χ1n) is 3.46. The first kappa shape index (κ1) is 8.16. The van der Waals surface area contributed by atoms with Crippen molar-refractivity contribution in [2.24, 2.45) is 5.73 Å². The lowest BCUT2D eigenvalue weighted by atomic mass is 10.3. The van der Waals surface area contributed by atoms with E-state index < -0.39 is 6.04 Å². The van der Waals surface area contributed by atoms with Crippen LogP contribution in [0.3, 0.4) is 0 Å². The molecule has 11 heavy (non-hydrogen) atoms. The van der Waals surface area contributed by atoms with Gasteiger partial charge in [0.25, 0.3) is 0 Å². The van der Waals surface area contributed by atoms with Crippen molar-refractivity contribution >= 4 is 0 Å². The second-order valence-corrected chi connectivity index (χ2v) is 2.19. The van der Waals surface area contributed by atoms with E-state index >= 15 is 0 Å². The molecule has 1 unspecified atom stereocenters. The van der Waals surface area contributed by atoms with Crippen LogP contribution in [0.25, 0.3) is 0 Å². The molecule has 1 heterocycles. The molecule has 1 rings (SSSR count). The number of aliphatic hydroxyl groups excluding tert-OH is 1. The number of rotatable bonds is 3. The van der Waals surface area contributed by atoms with Crippen LogP contribution in [0, 0.1) is 0 Å². The van der Waals surface area contributed by atoms with Gasteiger partial charge in [0.1, 0.15) is 0 Å². The molecule has 5 nitrogen and oxygen atoms in total. The second-order valence-electron chi connectivity index (χ2n) is 2.19. The van der Waals surface area contributed by atoms with Crippen LogP contribution in [-0.2, 0) is 6.42 Å². The SMILES string of the molecule is CCc1nc(C(N)CO)no1. The maximum atomic E-state index is 8.62. The third-order valence-electron chi connectivity index (χ3n) is 1.31. The van der Waals surface area contributed by atoms with Gasteiger partial charge >= 0.3 is 0 Å². The molecule has 0 fully saturated rings. The summed E-state index contributed by atoms with van der Waals surface area (Å²) in [5, 5.41) is 12.2. The number of nitrogens with zero attached hydrogens (tertiary/aromatic N) is 2. The molecule has 0 aromatic carbocycles. The zero-order valence-electron chi connectivity index (χ0n) is 6.32. The minimum atomic E-state index is -0.529. The predicted molar refractivity (Wildman–Crippen MR) is 37.7 cm³/mol. The third kappa shape index (κ3) is 1.75. The van der Waals surface area contributed by atoms with Gasteiger partial charge in [0, 0.05) is 6.42 Å². The van der Waals surface area contributed by atoms with Gasteiger partial charge in [-0.3, -0.25) is 0 Å². The molecule has 0 radical (unpaired) electrons. The predicted octanol–water partition coefficient (Wildman–Crippen LogP) is -0.376. The van der Waals surface area contributed by atoms with Crippen molar-refractivity contribution in [2.75, 3.05) is 6.61 Å². The largest absolute Gasteiger partial charge is 0.394 e. The van der Waals surface area contributed by atoms with Crippen LogP contribution in [0.4, 0.5) is 0 Å². The van der Waals surface area contributed by atoms with Gasteiger partial charge in [-0.2, -0.15) is 4.98 Å². The Bertz CT molecular complexity index is 223. The van der Waals surface area contributed by atoms with Crippen LogP contribution in [-0.4, -0.2) is 21.9 Å². The molecule has 1 aromatic heterocycles. The van der Waals surface area contributed by atoms with Gasteiger partial charge < -0.3 is 15.4 Å². The molecule has 1 aromatic rings. The first-order valence-corrected chi connectivity index (χ1v) is 3.46. The van der Waals surface area contributed by atoms with Gasteiger partial charge in [-0.15, -0.1) is 0 Å². The second kappa shape index (κ2) is 3.45. The molecule has 0 saturated carbocycles. The summed E-state index contributed by atoms with van der Waals surface area (Å²) in [6.45, 7) is 1.74. The fourth-order valence-corrected chi connectivity index (χ4v) is 0.644. The number of aliphatic hydroxyl groups is 1. The van der Waals surface area contributed by atoms with E-state index in [2.05, 4.69) is 10.1 Å². The highest BCUT2D eigenvalue weighted by Gasteiger charge is 2.11. The normalized spacial score (nSPS) is 13.4. The molecule has 0 aliphatic heterocycles. The number of aryl methyl sites for hydroxylation is 1. The van der Waals surface area contributed by atoms with Gasteiger partial charge in [0.2, 0.25) is 5.89 Å². The van der Waals surface area contributed by atoms with Gasteiger partial charge in [-0.1, -0.05) is 12.1 Å². The van der Waals surface area contributed by atoms with Gasteiger partial charge in [0.05, 0.1) is 12.6 Å². The lowest BCUT2D eigenvalue weighted by Crippen LogP contribution is -2.15. The Balaban J connectivity index is 2.71. The van der Waals surface area contributed by atoms with Crippen molar-refractivity contribution in [1.29, 1.82) is 0 Å². The van der Waals surface area contributed by atoms with Crippen LogP contribution >= 0.6 is 0 Å². The molecule has 1 atom stereocenters. The van der Waals surface area contributed by atoms with Crippen molar-refractivity contribution in [3.63, 3.8) is 0 Å². The minimum absolute atomic E-state index is 0.164. The van der Waals surface area contributed by atoms with E-state index in [9.17, 15) is 0 Å². The Kier molecular flexibility index (Phi) is 2.56. The Morgan fingerprint density at radius 2 is 2.45 bits per heavy atom. The smallest absolute Gasteiger partial charge is 0.226 e. The highest BCUT2D eigenvalue weighted by molar-refractivity contribution is 4.92. The fraction of sp³-hybridized carbons (Fsp3) is 0.667. The van der Waals surface area contributed by atoms with E-state index in [0.717, 1.165) is 0 Å². The molecule has 0 aliphatic carbocycles. The zero-order chi connectivity index (χ0) is 8.27. The van der Waals surface area contributed by atoms with E-state index in [0.29, 0.717) is 18.1 Å². The average molecular weight is 157 g/mol. The van der Waals surface area contributed by atoms with Crippen molar-refractivity contribution < 1.29 is 9.63 Å². The van der Waals surface area contributed by atoms with E-state index in [1.165, 1.54) is 0 Å². The molecule has 0 bridgehead atoms. The Labute approximate surface area is 64.2 Å². The highest BCUT2D eigenvalue weighted by Crippen LogP contribution is 2.04. The van der Waals surface area contributed by atoms with Crippen molar-refractivity contribution in [3.8, 4) is 0 Å². The van der Waals surface area contributed by atoms with Gasteiger partial charge in [-0.05, 0) is 0 Å². The minimum Gasteiger partial charge on any atom is -0.394 e. The van der Waals surface area contributed by atoms with Crippen LogP contribution < -0.4 is 5.73 Å². The maximum Gasteiger partial charge on any atom is 0.226 e. The summed E-state index contributed by atoms with van der Waals surface area (Å²) in [4.78, 5) is 3.94. The number of aromatic nitrogens is 2. The maximum absolute atomic E-state index is 8.62. The molecular formula is C6H11N3O2. The first-order chi connectivity index (χ1) is 5.27. The molecule has 0 saturated heterocycles. The highest BCUT2D eigenvalue weighted by atomic mass is 16.5. The molecule has 0 amide bonds. The molecular weight excluding hydrogens is 146 g/mol. The fourth-order valence-electron chi connectivity index (χ4n) is 0.644. The van der Waals surface area contributed by atoms with Crippen LogP contribution in [0.15, 0.2) is 4.52 Å². The van der Waals surface area contributed by atoms with Crippen molar-refractivity contribution in [2.45, 2.75) is 19.4 Å². The summed E-state index contributed by atoms with van der Waals surface area (Å²) >= 11 is 0. The van der Waals surface area contributed by atoms with E-state index in [-0.39, 0.29) is 6.61 Å². The third-order valence-corrected chi connectivity index (χ3v) is 1.31. The summed E-state index contributed by atoms with van der Waals surface area (Å²) in [7, 11) is 0. The average Bonchev–Trinajstić information content (AvgIpc) is 2.50. The molecule has 3 N–H and O–H groups in total. The van der Waals surface area contributed by atoms with Gasteiger partial charge in [-0.25, -0.2) is 0 Å². The lowest BCUT2D eigenvalue weighted by molar-refractivity contribution is 0.259. The number of hydrogen-bond acceptors (Lipinski definition) is 5. The van der Waals surface area contributed by atoms with Gasteiger partial charge in [0.15, 0.2) is 5.82 Å². The lowest BCUT2D eigenvalue weighted by Gasteiger charge is -1.98. The Morgan fingerprint density at radius 3 is 2.91 bits per heavy atom. The summed E-state index contributed by atoms with van der Waals surface area (Å²) in [6.07, 6.45) is 0.686. The molecule has 5 heteroatoms. The van der Waals surface area contributed by atoms with Crippen LogP contribution in [0.5, 0.6) is 0 Å². The van der Waals surface area contributed by atoms with Crippen LogP contribution in [0.1, 0.15) is 24.7 Å². The summed E-state index contributed by atoms with van der Waals surface area (Å²) in [6, 6.07) is -0.529. The standard InChI is InChI=1S/C6H11N3O2/c1-2-5-8-6(9-11-5)4(7)3-10/h4,10H,2-3,7H2,1H3. The molecule has 0 aliphatic rings. The zero-order valence-corrected chi connectivity index (χ0v) is 6.32. The molecule has 62 valence electrons. The summed E-state index contributed by atoms with van der Waals surface area (Å²) in [5.41, 5.74) is 5.43. The topological polar surface area (TPSA) is 85.2 Å².